The molecule has 0 saturated heterocycles. The number of furan rings is 1. The van der Waals surface area contributed by atoms with Gasteiger partial charge < -0.3 is 4.42 Å². The summed E-state index contributed by atoms with van der Waals surface area (Å²) in [6, 6.07) is 3.09. The van der Waals surface area contributed by atoms with E-state index in [0.29, 0.717) is 10.9 Å². The normalized spacial score (nSPS) is 10.9. The van der Waals surface area contributed by atoms with E-state index >= 15 is 0 Å². The predicted molar refractivity (Wildman–Crippen MR) is 55.9 cm³/mol. The van der Waals surface area contributed by atoms with E-state index in [4.69, 9.17) is 16.0 Å². The molecule has 2 rings (SSSR count). The van der Waals surface area contributed by atoms with E-state index in [1.807, 2.05) is 0 Å². The fourth-order valence-electron chi connectivity index (χ4n) is 1.56. The first-order chi connectivity index (χ1) is 7.02. The average molecular weight is 227 g/mol. The Morgan fingerprint density at radius 2 is 2.13 bits per heavy atom. The van der Waals surface area contributed by atoms with Gasteiger partial charge in [0.2, 0.25) is 0 Å². The molecular weight excluding hydrogens is 219 g/mol. The van der Waals surface area contributed by atoms with Crippen LogP contribution in [-0.4, -0.2) is 5.78 Å². The molecule has 2 aromatic rings. The van der Waals surface area contributed by atoms with Crippen molar-refractivity contribution in [3.63, 3.8) is 0 Å². The monoisotopic (exact) mass is 226 g/mol. The highest BCUT2D eigenvalue weighted by molar-refractivity contribution is 6.31. The van der Waals surface area contributed by atoms with Gasteiger partial charge in [-0.3, -0.25) is 4.79 Å². The Morgan fingerprint density at radius 1 is 1.47 bits per heavy atom. The number of fused-ring (bicyclic) bond motifs is 1. The van der Waals surface area contributed by atoms with Gasteiger partial charge >= 0.3 is 0 Å². The van der Waals surface area contributed by atoms with Crippen LogP contribution in [0.3, 0.4) is 0 Å². The van der Waals surface area contributed by atoms with Gasteiger partial charge in [-0.15, -0.1) is 0 Å². The van der Waals surface area contributed by atoms with Crippen LogP contribution < -0.4 is 0 Å². The van der Waals surface area contributed by atoms with Gasteiger partial charge in [-0.2, -0.15) is 0 Å². The molecule has 1 aromatic heterocycles. The summed E-state index contributed by atoms with van der Waals surface area (Å²) in [5.41, 5.74) is 0.693. The summed E-state index contributed by atoms with van der Waals surface area (Å²) >= 11 is 5.61. The Bertz CT molecular complexity index is 557. The van der Waals surface area contributed by atoms with Crippen molar-refractivity contribution in [1.82, 2.24) is 0 Å². The molecule has 0 aliphatic rings. The van der Waals surface area contributed by atoms with E-state index in [0.717, 1.165) is 0 Å². The molecule has 4 heteroatoms. The summed E-state index contributed by atoms with van der Waals surface area (Å²) in [6.07, 6.45) is 0. The molecule has 15 heavy (non-hydrogen) atoms. The summed E-state index contributed by atoms with van der Waals surface area (Å²) in [5, 5.41) is 0.577. The standard InChI is InChI=1S/C11H8ClFO2/c1-5-7-3-4-8(12)9(13)11(7)15-10(5)6(2)14/h3-4H,1-2H3. The van der Waals surface area contributed by atoms with Crippen LogP contribution >= 0.6 is 11.6 Å². The van der Waals surface area contributed by atoms with E-state index in [1.54, 1.807) is 13.0 Å². The molecule has 0 bridgehead atoms. The van der Waals surface area contributed by atoms with Gasteiger partial charge in [0.1, 0.15) is 0 Å². The summed E-state index contributed by atoms with van der Waals surface area (Å²) < 4.78 is 18.7. The average Bonchev–Trinajstić information content (AvgIpc) is 2.51. The van der Waals surface area contributed by atoms with Crippen molar-refractivity contribution in [3.05, 3.63) is 34.3 Å². The first-order valence-electron chi connectivity index (χ1n) is 4.40. The lowest BCUT2D eigenvalue weighted by atomic mass is 10.1. The van der Waals surface area contributed by atoms with Crippen LogP contribution in [0, 0.1) is 12.7 Å². The van der Waals surface area contributed by atoms with Crippen molar-refractivity contribution in [2.24, 2.45) is 0 Å². The van der Waals surface area contributed by atoms with Crippen LogP contribution in [0.5, 0.6) is 0 Å². The van der Waals surface area contributed by atoms with Crippen molar-refractivity contribution >= 4 is 28.4 Å². The van der Waals surface area contributed by atoms with Crippen LogP contribution in [0.15, 0.2) is 16.5 Å². The number of hydrogen-bond acceptors (Lipinski definition) is 2. The molecule has 0 saturated carbocycles. The third-order valence-electron chi connectivity index (χ3n) is 2.32. The fraction of sp³-hybridized carbons (Fsp3) is 0.182. The molecule has 0 fully saturated rings. The molecule has 0 amide bonds. The SMILES string of the molecule is CC(=O)c1oc2c(F)c(Cl)ccc2c1C. The molecular formula is C11H8ClFO2. The molecule has 2 nitrogen and oxygen atoms in total. The first kappa shape index (κ1) is 10.2. The van der Waals surface area contributed by atoms with Crippen molar-refractivity contribution in [2.45, 2.75) is 13.8 Å². The highest BCUT2D eigenvalue weighted by atomic mass is 35.5. The maximum atomic E-state index is 13.5. The van der Waals surface area contributed by atoms with E-state index in [2.05, 4.69) is 0 Å². The van der Waals surface area contributed by atoms with Gasteiger partial charge in [-0.1, -0.05) is 11.6 Å². The lowest BCUT2D eigenvalue weighted by Gasteiger charge is -1.93. The molecule has 0 N–H and O–H groups in total. The molecule has 0 atom stereocenters. The Hall–Kier alpha value is -1.35. The van der Waals surface area contributed by atoms with Crippen LogP contribution in [-0.2, 0) is 0 Å². The van der Waals surface area contributed by atoms with Crippen LogP contribution in [0.2, 0.25) is 5.02 Å². The minimum absolute atomic E-state index is 0.00801. The lowest BCUT2D eigenvalue weighted by molar-refractivity contribution is 0.0988. The molecule has 1 heterocycles. The molecule has 78 valence electrons. The topological polar surface area (TPSA) is 30.2 Å². The molecule has 1 aromatic carbocycles. The van der Waals surface area contributed by atoms with Gasteiger partial charge in [0.05, 0.1) is 5.02 Å². The van der Waals surface area contributed by atoms with E-state index in [1.165, 1.54) is 13.0 Å². The minimum atomic E-state index is -0.621. The van der Waals surface area contributed by atoms with E-state index < -0.39 is 5.82 Å². The molecule has 0 radical (unpaired) electrons. The number of aryl methyl sites for hydroxylation is 1. The summed E-state index contributed by atoms with van der Waals surface area (Å²) in [4.78, 5) is 11.2. The van der Waals surface area contributed by atoms with Crippen LogP contribution in [0.25, 0.3) is 11.0 Å². The number of hydrogen-bond donors (Lipinski definition) is 0. The van der Waals surface area contributed by atoms with E-state index in [9.17, 15) is 9.18 Å². The zero-order chi connectivity index (χ0) is 11.2. The zero-order valence-corrected chi connectivity index (χ0v) is 8.98. The molecule has 0 spiro atoms. The van der Waals surface area contributed by atoms with Crippen LogP contribution in [0.4, 0.5) is 4.39 Å². The second kappa shape index (κ2) is 3.35. The number of Topliss-reactive ketones (excluding diaryl/α,β-unsaturated/α-hetero) is 1. The van der Waals surface area contributed by atoms with Gasteiger partial charge in [0.15, 0.2) is 22.9 Å². The molecule has 0 aliphatic heterocycles. The Balaban J connectivity index is 2.88. The van der Waals surface area contributed by atoms with Gasteiger partial charge in [-0.05, 0) is 19.1 Å². The fourth-order valence-corrected chi connectivity index (χ4v) is 1.71. The Labute approximate surface area is 90.6 Å². The largest absolute Gasteiger partial charge is 0.450 e. The second-order valence-corrected chi connectivity index (χ2v) is 3.76. The Morgan fingerprint density at radius 3 is 2.73 bits per heavy atom. The number of halogens is 2. The Kier molecular flexibility index (Phi) is 2.27. The van der Waals surface area contributed by atoms with Crippen molar-refractivity contribution in [1.29, 1.82) is 0 Å². The molecule has 0 unspecified atom stereocenters. The zero-order valence-electron chi connectivity index (χ0n) is 8.23. The number of carbonyl (C=O) groups is 1. The van der Waals surface area contributed by atoms with Crippen molar-refractivity contribution < 1.29 is 13.6 Å². The summed E-state index contributed by atoms with van der Waals surface area (Å²) in [6.45, 7) is 3.10. The smallest absolute Gasteiger partial charge is 0.195 e. The lowest BCUT2D eigenvalue weighted by Crippen LogP contribution is -1.90. The predicted octanol–water partition coefficient (Wildman–Crippen LogP) is 3.74. The number of carbonyl (C=O) groups excluding carboxylic acids is 1. The maximum Gasteiger partial charge on any atom is 0.195 e. The quantitative estimate of drug-likeness (QED) is 0.694. The molecule has 0 aliphatic carbocycles. The number of benzene rings is 1. The minimum Gasteiger partial charge on any atom is -0.450 e. The summed E-state index contributed by atoms with van der Waals surface area (Å²) in [5.74, 6) is -0.657. The first-order valence-corrected chi connectivity index (χ1v) is 4.78. The number of ketones is 1. The van der Waals surface area contributed by atoms with E-state index in [-0.39, 0.29) is 22.1 Å². The third kappa shape index (κ3) is 1.43. The summed E-state index contributed by atoms with van der Waals surface area (Å²) in [7, 11) is 0. The highest BCUT2D eigenvalue weighted by Gasteiger charge is 2.18. The maximum absolute atomic E-state index is 13.5. The van der Waals surface area contributed by atoms with Crippen molar-refractivity contribution in [3.8, 4) is 0 Å². The van der Waals surface area contributed by atoms with Gasteiger partial charge in [-0.25, -0.2) is 4.39 Å². The van der Waals surface area contributed by atoms with Crippen molar-refractivity contribution in [2.75, 3.05) is 0 Å². The van der Waals surface area contributed by atoms with Gasteiger partial charge in [0.25, 0.3) is 0 Å². The third-order valence-corrected chi connectivity index (χ3v) is 2.61. The van der Waals surface area contributed by atoms with Gasteiger partial charge in [0, 0.05) is 17.9 Å². The highest BCUT2D eigenvalue weighted by Crippen LogP contribution is 2.31. The van der Waals surface area contributed by atoms with Crippen LogP contribution in [0.1, 0.15) is 23.0 Å². The second-order valence-electron chi connectivity index (χ2n) is 3.35. The number of rotatable bonds is 1.